The predicted octanol–water partition coefficient (Wildman–Crippen LogP) is 6.24. The van der Waals surface area contributed by atoms with E-state index in [0.29, 0.717) is 13.2 Å². The Bertz CT molecular complexity index is 1250. The molecule has 0 aliphatic carbocycles. The molecule has 188 valence electrons. The maximum Gasteiger partial charge on any atom is 0.122 e. The van der Waals surface area contributed by atoms with Crippen molar-refractivity contribution in [2.24, 2.45) is 0 Å². The van der Waals surface area contributed by atoms with Gasteiger partial charge < -0.3 is 18.9 Å². The normalized spacial score (nSPS) is 18.3. The van der Waals surface area contributed by atoms with Crippen molar-refractivity contribution in [2.45, 2.75) is 31.5 Å². The van der Waals surface area contributed by atoms with Gasteiger partial charge in [-0.2, -0.15) is 0 Å². The summed E-state index contributed by atoms with van der Waals surface area (Å²) in [5, 5.41) is 0. The molecule has 37 heavy (non-hydrogen) atoms. The van der Waals surface area contributed by atoms with E-state index in [0.717, 1.165) is 35.8 Å². The molecule has 0 amide bonds. The van der Waals surface area contributed by atoms with Crippen LogP contribution in [0.1, 0.15) is 33.4 Å². The van der Waals surface area contributed by atoms with Gasteiger partial charge >= 0.3 is 0 Å². The van der Waals surface area contributed by atoms with Gasteiger partial charge in [-0.25, -0.2) is 0 Å². The molecule has 0 aromatic heterocycles. The van der Waals surface area contributed by atoms with Crippen LogP contribution in [-0.2, 0) is 14.9 Å². The summed E-state index contributed by atoms with van der Waals surface area (Å²) in [5.74, 6) is 1.80. The van der Waals surface area contributed by atoms with Gasteiger partial charge in [0, 0.05) is 0 Å². The molecule has 6 rings (SSSR count). The maximum atomic E-state index is 6.08. The first kappa shape index (κ1) is 23.8. The second-order valence-electron chi connectivity index (χ2n) is 9.98. The summed E-state index contributed by atoms with van der Waals surface area (Å²) in [7, 11) is 0. The summed E-state index contributed by atoms with van der Waals surface area (Å²) in [6.07, 6.45) is 0.448. The van der Waals surface area contributed by atoms with E-state index in [1.54, 1.807) is 0 Å². The fourth-order valence-electron chi connectivity index (χ4n) is 5.16. The number of hydrogen-bond donors (Lipinski definition) is 0. The van der Waals surface area contributed by atoms with Crippen LogP contribution in [-0.4, -0.2) is 38.6 Å². The zero-order valence-electron chi connectivity index (χ0n) is 21.4. The molecule has 2 atom stereocenters. The lowest BCUT2D eigenvalue weighted by Crippen LogP contribution is -2.31. The van der Waals surface area contributed by atoms with Crippen LogP contribution in [0.3, 0.4) is 0 Å². The molecule has 4 aromatic carbocycles. The Balaban J connectivity index is 1.51. The van der Waals surface area contributed by atoms with Gasteiger partial charge in [0.05, 0.1) is 18.6 Å². The fourth-order valence-corrected chi connectivity index (χ4v) is 5.16. The largest absolute Gasteiger partial charge is 0.491 e. The molecule has 2 aliphatic heterocycles. The van der Waals surface area contributed by atoms with Crippen LogP contribution >= 0.6 is 0 Å². The van der Waals surface area contributed by atoms with Gasteiger partial charge in [0.1, 0.15) is 36.9 Å². The van der Waals surface area contributed by atoms with Gasteiger partial charge in [0.15, 0.2) is 0 Å². The topological polar surface area (TPSA) is 43.5 Å². The van der Waals surface area contributed by atoms with Crippen molar-refractivity contribution in [2.75, 3.05) is 26.4 Å². The SMILES string of the molecule is Cc1cc(C(c2ccccc2)(c2ccccc2)c2ccc(OCC3CO3)c(C)c2)ccc1OCC1CO1. The van der Waals surface area contributed by atoms with Crippen LogP contribution in [0, 0.1) is 13.8 Å². The summed E-state index contributed by atoms with van der Waals surface area (Å²) in [5.41, 5.74) is 6.49. The van der Waals surface area contributed by atoms with E-state index in [2.05, 4.69) is 111 Å². The average Bonchev–Trinajstić information content (AvgIpc) is 3.85. The lowest BCUT2D eigenvalue weighted by Gasteiger charge is -2.37. The van der Waals surface area contributed by atoms with E-state index in [9.17, 15) is 0 Å². The van der Waals surface area contributed by atoms with Crippen molar-refractivity contribution in [3.05, 3.63) is 130 Å². The third-order valence-corrected chi connectivity index (χ3v) is 7.28. The third kappa shape index (κ3) is 4.87. The summed E-state index contributed by atoms with van der Waals surface area (Å²) in [4.78, 5) is 0. The standard InChI is InChI=1S/C33H32O4/c1-23-17-27(13-15-31(23)36-21-29-19-34-29)33(25-9-5-3-6-10-25,26-11-7-4-8-12-26)28-14-16-32(24(2)18-28)37-22-30-20-35-30/h3-18,29-30H,19-22H2,1-2H3. The molecule has 0 spiro atoms. The molecule has 4 heteroatoms. The van der Waals surface area contributed by atoms with E-state index in [-0.39, 0.29) is 12.2 Å². The second-order valence-corrected chi connectivity index (χ2v) is 9.98. The lowest BCUT2D eigenvalue weighted by molar-refractivity contribution is 0.261. The zero-order chi connectivity index (χ0) is 25.2. The Kier molecular flexibility index (Phi) is 6.45. The van der Waals surface area contributed by atoms with Crippen LogP contribution < -0.4 is 9.47 Å². The highest BCUT2D eigenvalue weighted by Gasteiger charge is 2.39. The van der Waals surface area contributed by atoms with E-state index >= 15 is 0 Å². The van der Waals surface area contributed by atoms with Crippen LogP contribution in [0.25, 0.3) is 0 Å². The Hall–Kier alpha value is -3.60. The monoisotopic (exact) mass is 492 g/mol. The summed E-state index contributed by atoms with van der Waals surface area (Å²) < 4.78 is 22.8. The van der Waals surface area contributed by atoms with Crippen LogP contribution in [0.4, 0.5) is 0 Å². The van der Waals surface area contributed by atoms with E-state index < -0.39 is 5.41 Å². The van der Waals surface area contributed by atoms with Crippen LogP contribution in [0.2, 0.25) is 0 Å². The Morgan fingerprint density at radius 1 is 0.595 bits per heavy atom. The minimum Gasteiger partial charge on any atom is -0.491 e. The first-order valence-corrected chi connectivity index (χ1v) is 13.0. The molecule has 0 bridgehead atoms. The Morgan fingerprint density at radius 2 is 1.00 bits per heavy atom. The van der Waals surface area contributed by atoms with Crippen molar-refractivity contribution in [1.29, 1.82) is 0 Å². The molecule has 0 N–H and O–H groups in total. The molecule has 0 saturated carbocycles. The van der Waals surface area contributed by atoms with E-state index in [1.807, 2.05) is 0 Å². The number of ether oxygens (including phenoxy) is 4. The zero-order valence-corrected chi connectivity index (χ0v) is 21.4. The molecular weight excluding hydrogens is 460 g/mol. The minimum absolute atomic E-state index is 0.224. The van der Waals surface area contributed by atoms with E-state index in [1.165, 1.54) is 22.3 Å². The molecule has 0 radical (unpaired) electrons. The Labute approximate surface area is 218 Å². The quantitative estimate of drug-likeness (QED) is 0.194. The predicted molar refractivity (Wildman–Crippen MR) is 145 cm³/mol. The second kappa shape index (κ2) is 10.0. The molecule has 2 unspecified atom stereocenters. The molecule has 4 aromatic rings. The van der Waals surface area contributed by atoms with Gasteiger partial charge in [0.25, 0.3) is 0 Å². The van der Waals surface area contributed by atoms with E-state index in [4.69, 9.17) is 18.9 Å². The average molecular weight is 493 g/mol. The van der Waals surface area contributed by atoms with Crippen molar-refractivity contribution < 1.29 is 18.9 Å². The maximum absolute atomic E-state index is 6.08. The molecule has 2 saturated heterocycles. The summed E-state index contributed by atoms with van der Waals surface area (Å²) in [6.45, 7) is 7.00. The van der Waals surface area contributed by atoms with Gasteiger partial charge in [-0.05, 0) is 59.4 Å². The van der Waals surface area contributed by atoms with Crippen molar-refractivity contribution in [3.8, 4) is 11.5 Å². The first-order chi connectivity index (χ1) is 18.1. The smallest absolute Gasteiger partial charge is 0.122 e. The number of aryl methyl sites for hydroxylation is 2. The highest BCUT2D eigenvalue weighted by Crippen LogP contribution is 2.46. The molecule has 2 fully saturated rings. The van der Waals surface area contributed by atoms with Crippen molar-refractivity contribution >= 4 is 0 Å². The number of rotatable bonds is 10. The van der Waals surface area contributed by atoms with Crippen LogP contribution in [0.15, 0.2) is 97.1 Å². The first-order valence-electron chi connectivity index (χ1n) is 13.0. The minimum atomic E-state index is -0.520. The van der Waals surface area contributed by atoms with Gasteiger partial charge in [-0.1, -0.05) is 84.9 Å². The third-order valence-electron chi connectivity index (χ3n) is 7.28. The highest BCUT2D eigenvalue weighted by atomic mass is 16.6. The molecule has 4 nitrogen and oxygen atoms in total. The Morgan fingerprint density at radius 3 is 1.35 bits per heavy atom. The molecular formula is C33H32O4. The molecule has 2 heterocycles. The number of hydrogen-bond acceptors (Lipinski definition) is 4. The van der Waals surface area contributed by atoms with Gasteiger partial charge in [-0.3, -0.25) is 0 Å². The van der Waals surface area contributed by atoms with Crippen molar-refractivity contribution in [3.63, 3.8) is 0 Å². The number of benzene rings is 4. The lowest BCUT2D eigenvalue weighted by atomic mass is 9.64. The molecule has 2 aliphatic rings. The highest BCUT2D eigenvalue weighted by molar-refractivity contribution is 5.62. The number of epoxide rings is 2. The van der Waals surface area contributed by atoms with Crippen molar-refractivity contribution in [1.82, 2.24) is 0 Å². The summed E-state index contributed by atoms with van der Waals surface area (Å²) >= 11 is 0. The fraction of sp³-hybridized carbons (Fsp3) is 0.273. The van der Waals surface area contributed by atoms with Crippen LogP contribution in [0.5, 0.6) is 11.5 Å². The van der Waals surface area contributed by atoms with Gasteiger partial charge in [-0.15, -0.1) is 0 Å². The summed E-state index contributed by atoms with van der Waals surface area (Å²) in [6, 6.07) is 34.7. The van der Waals surface area contributed by atoms with Gasteiger partial charge in [0.2, 0.25) is 0 Å².